The van der Waals surface area contributed by atoms with E-state index in [2.05, 4.69) is 20.3 Å². The molecule has 0 radical (unpaired) electrons. The average molecular weight is 407 g/mol. The Morgan fingerprint density at radius 2 is 1.79 bits per heavy atom. The minimum atomic E-state index is -3.39. The molecule has 0 aliphatic heterocycles. The lowest BCUT2D eigenvalue weighted by Gasteiger charge is -2.13. The highest BCUT2D eigenvalue weighted by atomic mass is 32.2. The van der Waals surface area contributed by atoms with Crippen molar-refractivity contribution in [1.29, 1.82) is 0 Å². The summed E-state index contributed by atoms with van der Waals surface area (Å²) in [4.78, 5) is 4.09. The number of sulfonamides is 1. The van der Waals surface area contributed by atoms with E-state index in [9.17, 15) is 12.8 Å². The molecular weight excluding hydrogens is 379 g/mol. The lowest BCUT2D eigenvalue weighted by atomic mass is 10.1. The summed E-state index contributed by atoms with van der Waals surface area (Å²) in [5.41, 5.74) is 2.87. The van der Waals surface area contributed by atoms with Gasteiger partial charge in [0, 0.05) is 26.7 Å². The molecule has 0 bridgehead atoms. The maximum absolute atomic E-state index is 13.1. The Kier molecular flexibility index (Phi) is 8.41. The van der Waals surface area contributed by atoms with Crippen molar-refractivity contribution in [1.82, 2.24) is 15.4 Å². The maximum Gasteiger partial charge on any atom is 0.213 e. The molecule has 2 rings (SSSR count). The van der Waals surface area contributed by atoms with Gasteiger partial charge in [-0.2, -0.15) is 0 Å². The fraction of sp³-hybridized carbons (Fsp3) is 0.350. The summed E-state index contributed by atoms with van der Waals surface area (Å²) in [5.74, 6) is 0.226. The Morgan fingerprint density at radius 1 is 1.07 bits per heavy atom. The van der Waals surface area contributed by atoms with E-state index in [1.165, 1.54) is 12.1 Å². The molecule has 0 unspecified atom stereocenters. The molecule has 0 saturated carbocycles. The minimum Gasteiger partial charge on any atom is -0.356 e. The van der Waals surface area contributed by atoms with Gasteiger partial charge in [-0.1, -0.05) is 36.4 Å². The topological polar surface area (TPSA) is 82.6 Å². The van der Waals surface area contributed by atoms with Gasteiger partial charge in [0.1, 0.15) is 5.82 Å². The van der Waals surface area contributed by atoms with Crippen LogP contribution in [0.25, 0.3) is 0 Å². The first-order valence-corrected chi connectivity index (χ1v) is 10.8. The molecule has 0 amide bonds. The van der Waals surface area contributed by atoms with Gasteiger partial charge in [-0.3, -0.25) is 4.99 Å². The van der Waals surface area contributed by atoms with Gasteiger partial charge in [-0.05, 0) is 42.2 Å². The second-order valence-corrected chi connectivity index (χ2v) is 8.30. The van der Waals surface area contributed by atoms with E-state index < -0.39 is 10.0 Å². The van der Waals surface area contributed by atoms with Crippen LogP contribution in [0.5, 0.6) is 0 Å². The van der Waals surface area contributed by atoms with Crippen LogP contribution in [0.3, 0.4) is 0 Å². The molecule has 0 heterocycles. The van der Waals surface area contributed by atoms with Crippen molar-refractivity contribution in [3.63, 3.8) is 0 Å². The zero-order valence-corrected chi connectivity index (χ0v) is 17.0. The van der Waals surface area contributed by atoms with Crippen LogP contribution >= 0.6 is 0 Å². The van der Waals surface area contributed by atoms with E-state index in [1.54, 1.807) is 13.1 Å². The molecule has 152 valence electrons. The van der Waals surface area contributed by atoms with Gasteiger partial charge >= 0.3 is 0 Å². The summed E-state index contributed by atoms with van der Waals surface area (Å²) < 4.78 is 39.9. The summed E-state index contributed by atoms with van der Waals surface area (Å²) >= 11 is 0. The smallest absolute Gasteiger partial charge is 0.213 e. The Labute approximate surface area is 166 Å². The first kappa shape index (κ1) is 21.8. The molecule has 2 aromatic rings. The highest BCUT2D eigenvalue weighted by molar-refractivity contribution is 7.89. The maximum atomic E-state index is 13.1. The fourth-order valence-corrected chi connectivity index (χ4v) is 3.54. The van der Waals surface area contributed by atoms with Crippen LogP contribution in [-0.2, 0) is 23.0 Å². The average Bonchev–Trinajstić information content (AvgIpc) is 2.67. The van der Waals surface area contributed by atoms with Crippen molar-refractivity contribution < 1.29 is 12.8 Å². The first-order chi connectivity index (χ1) is 13.4. The van der Waals surface area contributed by atoms with Crippen molar-refractivity contribution in [3.8, 4) is 0 Å². The van der Waals surface area contributed by atoms with E-state index in [4.69, 9.17) is 0 Å². The summed E-state index contributed by atoms with van der Waals surface area (Å²) in [7, 11) is -1.76. The third-order valence-corrected chi connectivity index (χ3v) is 5.54. The molecule has 0 aliphatic rings. The second-order valence-electron chi connectivity index (χ2n) is 6.37. The standard InChI is InChI=1S/C20H27FN4O2S/c1-16-14-19(21)9-8-18(16)10-11-23-20(22-2)24-12-13-28(26,27)25-15-17-6-4-3-5-7-17/h3-9,14,25H,10-13,15H2,1-2H3,(H2,22,23,24). The quantitative estimate of drug-likeness (QED) is 0.439. The molecule has 8 heteroatoms. The molecular formula is C20H27FN4O2S. The summed E-state index contributed by atoms with van der Waals surface area (Å²) in [5, 5.41) is 6.13. The molecule has 0 atom stereocenters. The van der Waals surface area contributed by atoms with Gasteiger partial charge in [0.15, 0.2) is 5.96 Å². The molecule has 2 aromatic carbocycles. The lowest BCUT2D eigenvalue weighted by molar-refractivity contribution is 0.580. The molecule has 0 saturated heterocycles. The number of halogens is 1. The van der Waals surface area contributed by atoms with Crippen LogP contribution in [0, 0.1) is 12.7 Å². The third kappa shape index (κ3) is 7.66. The van der Waals surface area contributed by atoms with Crippen molar-refractivity contribution >= 4 is 16.0 Å². The first-order valence-electron chi connectivity index (χ1n) is 9.10. The van der Waals surface area contributed by atoms with Crippen LogP contribution in [0.15, 0.2) is 53.5 Å². The van der Waals surface area contributed by atoms with Crippen molar-refractivity contribution in [2.24, 2.45) is 4.99 Å². The Morgan fingerprint density at radius 3 is 2.46 bits per heavy atom. The molecule has 0 spiro atoms. The molecule has 6 nitrogen and oxygen atoms in total. The highest BCUT2D eigenvalue weighted by Gasteiger charge is 2.10. The Hall–Kier alpha value is -2.45. The van der Waals surface area contributed by atoms with Gasteiger partial charge in [0.2, 0.25) is 10.0 Å². The van der Waals surface area contributed by atoms with Gasteiger partial charge < -0.3 is 10.6 Å². The van der Waals surface area contributed by atoms with Crippen LogP contribution in [0.4, 0.5) is 4.39 Å². The number of benzene rings is 2. The number of nitrogens with one attached hydrogen (secondary N) is 3. The lowest BCUT2D eigenvalue weighted by Crippen LogP contribution is -2.41. The Balaban J connectivity index is 1.71. The summed E-state index contributed by atoms with van der Waals surface area (Å²) in [6.07, 6.45) is 0.712. The number of nitrogens with zero attached hydrogens (tertiary/aromatic N) is 1. The predicted molar refractivity (Wildman–Crippen MR) is 111 cm³/mol. The fourth-order valence-electron chi connectivity index (χ4n) is 2.64. The van der Waals surface area contributed by atoms with Gasteiger partial charge in [-0.25, -0.2) is 17.5 Å². The van der Waals surface area contributed by atoms with Crippen molar-refractivity contribution in [2.45, 2.75) is 19.9 Å². The van der Waals surface area contributed by atoms with E-state index >= 15 is 0 Å². The van der Waals surface area contributed by atoms with Gasteiger partial charge in [0.05, 0.1) is 5.75 Å². The predicted octanol–water partition coefficient (Wildman–Crippen LogP) is 1.96. The third-order valence-electron chi connectivity index (χ3n) is 4.22. The van der Waals surface area contributed by atoms with Crippen LogP contribution < -0.4 is 15.4 Å². The Bertz CT molecular complexity index is 886. The van der Waals surface area contributed by atoms with Gasteiger partial charge in [0.25, 0.3) is 0 Å². The van der Waals surface area contributed by atoms with Crippen LogP contribution in [0.1, 0.15) is 16.7 Å². The number of rotatable bonds is 9. The summed E-state index contributed by atoms with van der Waals surface area (Å²) in [6.45, 7) is 2.98. The normalized spacial score (nSPS) is 12.0. The molecule has 0 aliphatic carbocycles. The summed E-state index contributed by atoms with van der Waals surface area (Å²) in [6, 6.07) is 14.1. The number of aryl methyl sites for hydroxylation is 1. The molecule has 0 fully saturated rings. The molecule has 0 aromatic heterocycles. The monoisotopic (exact) mass is 406 g/mol. The second kappa shape index (κ2) is 10.8. The number of aliphatic imine (C=N–C) groups is 1. The van der Waals surface area contributed by atoms with E-state index in [1.807, 2.05) is 37.3 Å². The molecule has 28 heavy (non-hydrogen) atoms. The highest BCUT2D eigenvalue weighted by Crippen LogP contribution is 2.10. The molecule has 3 N–H and O–H groups in total. The largest absolute Gasteiger partial charge is 0.356 e. The zero-order chi connectivity index (χ0) is 20.4. The SMILES string of the molecule is CN=C(NCCc1ccc(F)cc1C)NCCS(=O)(=O)NCc1ccccc1. The van der Waals surface area contributed by atoms with E-state index in [0.29, 0.717) is 18.9 Å². The van der Waals surface area contributed by atoms with Crippen molar-refractivity contribution in [3.05, 3.63) is 71.0 Å². The van der Waals surface area contributed by atoms with E-state index in [-0.39, 0.29) is 24.7 Å². The number of hydrogen-bond donors (Lipinski definition) is 3. The minimum absolute atomic E-state index is 0.0579. The zero-order valence-electron chi connectivity index (χ0n) is 16.2. The number of hydrogen-bond acceptors (Lipinski definition) is 3. The van der Waals surface area contributed by atoms with Crippen LogP contribution in [-0.4, -0.2) is 40.3 Å². The van der Waals surface area contributed by atoms with Gasteiger partial charge in [-0.15, -0.1) is 0 Å². The van der Waals surface area contributed by atoms with E-state index in [0.717, 1.165) is 16.7 Å². The van der Waals surface area contributed by atoms with Crippen molar-refractivity contribution in [2.75, 3.05) is 25.9 Å². The van der Waals surface area contributed by atoms with Crippen LogP contribution in [0.2, 0.25) is 0 Å². The number of guanidine groups is 1.